The topological polar surface area (TPSA) is 53.0 Å². The van der Waals surface area contributed by atoms with Crippen LogP contribution >= 0.6 is 11.8 Å². The summed E-state index contributed by atoms with van der Waals surface area (Å²) < 4.78 is 5.24. The molecule has 1 fully saturated rings. The fourth-order valence-electron chi connectivity index (χ4n) is 3.48. The van der Waals surface area contributed by atoms with Crippen LogP contribution in [-0.2, 0) is 4.79 Å². The second-order valence-electron chi connectivity index (χ2n) is 6.92. The molecule has 0 aromatic heterocycles. The number of aliphatic carboxylic acids is 1. The van der Waals surface area contributed by atoms with Gasteiger partial charge in [-0.05, 0) is 50.2 Å². The van der Waals surface area contributed by atoms with Crippen molar-refractivity contribution in [3.63, 3.8) is 0 Å². The monoisotopic (exact) mass is 386 g/mol. The van der Waals surface area contributed by atoms with E-state index in [0.717, 1.165) is 23.7 Å². The first-order valence-corrected chi connectivity index (χ1v) is 9.93. The maximum atomic E-state index is 11.1. The van der Waals surface area contributed by atoms with E-state index in [2.05, 4.69) is 55.1 Å². The number of methoxy groups -OCH3 is 1. The van der Waals surface area contributed by atoms with Gasteiger partial charge in [0.1, 0.15) is 5.75 Å². The van der Waals surface area contributed by atoms with Crippen molar-refractivity contribution >= 4 is 23.4 Å². The average Bonchev–Trinajstić information content (AvgIpc) is 2.65. The number of carbonyl (C=O) groups is 1. The lowest BCUT2D eigenvalue weighted by Crippen LogP contribution is -2.57. The van der Waals surface area contributed by atoms with E-state index < -0.39 is 5.97 Å². The molecule has 2 aromatic rings. The molecule has 6 heteroatoms. The summed E-state index contributed by atoms with van der Waals surface area (Å²) >= 11 is 1.74. The Hall–Kier alpha value is -2.18. The molecule has 0 radical (unpaired) electrons. The highest BCUT2D eigenvalue weighted by Gasteiger charge is 2.31. The zero-order chi connectivity index (χ0) is 19.4. The highest BCUT2D eigenvalue weighted by Crippen LogP contribution is 2.37. The van der Waals surface area contributed by atoms with Crippen molar-refractivity contribution < 1.29 is 14.6 Å². The van der Waals surface area contributed by atoms with Crippen LogP contribution in [0.4, 0.5) is 5.69 Å². The number of nitrogens with zero attached hydrogens (tertiary/aromatic N) is 2. The number of hydrogen-bond acceptors (Lipinski definition) is 5. The Morgan fingerprint density at radius 2 is 1.81 bits per heavy atom. The van der Waals surface area contributed by atoms with Crippen LogP contribution in [0.25, 0.3) is 0 Å². The summed E-state index contributed by atoms with van der Waals surface area (Å²) in [6, 6.07) is 16.9. The summed E-state index contributed by atoms with van der Waals surface area (Å²) in [5.74, 6) is 0.0857. The number of hydrogen-bond donors (Lipinski definition) is 1. The second-order valence-corrected chi connectivity index (χ2v) is 8.03. The first-order chi connectivity index (χ1) is 13.0. The zero-order valence-corrected chi connectivity index (χ0v) is 16.8. The summed E-state index contributed by atoms with van der Waals surface area (Å²) in [6.45, 7) is 5.92. The van der Waals surface area contributed by atoms with Crippen LogP contribution < -0.4 is 9.64 Å². The third-order valence-corrected chi connectivity index (χ3v) is 5.99. The largest absolute Gasteiger partial charge is 0.497 e. The van der Waals surface area contributed by atoms with Crippen LogP contribution in [0.15, 0.2) is 58.3 Å². The fourth-order valence-corrected chi connectivity index (χ4v) is 4.44. The first kappa shape index (κ1) is 19.6. The Bertz CT molecular complexity index is 781. The molecular formula is C21H26N2O3S. The third-order valence-electron chi connectivity index (χ3n) is 4.92. The predicted molar refractivity (Wildman–Crippen MR) is 109 cm³/mol. The minimum atomic E-state index is -0.766. The van der Waals surface area contributed by atoms with Crippen LogP contribution in [0.1, 0.15) is 13.8 Å². The van der Waals surface area contributed by atoms with E-state index in [1.54, 1.807) is 18.9 Å². The molecule has 0 bridgehead atoms. The van der Waals surface area contributed by atoms with Gasteiger partial charge in [0, 0.05) is 35.0 Å². The fraction of sp³-hybridized carbons (Fsp3) is 0.381. The van der Waals surface area contributed by atoms with E-state index in [4.69, 9.17) is 9.84 Å². The van der Waals surface area contributed by atoms with Crippen LogP contribution in [-0.4, -0.2) is 54.8 Å². The Morgan fingerprint density at radius 1 is 1.11 bits per heavy atom. The zero-order valence-electron chi connectivity index (χ0n) is 16.0. The Kier molecular flexibility index (Phi) is 6.29. The van der Waals surface area contributed by atoms with Gasteiger partial charge in [-0.25, -0.2) is 0 Å². The normalized spacial score (nSPS) is 20.5. The van der Waals surface area contributed by atoms with E-state index in [1.807, 2.05) is 17.0 Å². The second kappa shape index (κ2) is 8.67. The van der Waals surface area contributed by atoms with E-state index in [0.29, 0.717) is 0 Å². The van der Waals surface area contributed by atoms with Gasteiger partial charge in [0.25, 0.3) is 0 Å². The third kappa shape index (κ3) is 4.76. The van der Waals surface area contributed by atoms with Gasteiger partial charge in [-0.1, -0.05) is 23.9 Å². The van der Waals surface area contributed by atoms with E-state index in [1.165, 1.54) is 10.6 Å². The van der Waals surface area contributed by atoms with Crippen molar-refractivity contribution in [2.75, 3.05) is 31.6 Å². The van der Waals surface area contributed by atoms with Gasteiger partial charge in [0.2, 0.25) is 0 Å². The number of ether oxygens (including phenoxy) is 1. The molecule has 1 aliphatic heterocycles. The molecule has 5 nitrogen and oxygen atoms in total. The molecular weight excluding hydrogens is 360 g/mol. The molecule has 3 rings (SSSR count). The predicted octanol–water partition coefficient (Wildman–Crippen LogP) is 3.83. The van der Waals surface area contributed by atoms with Crippen molar-refractivity contribution in [3.8, 4) is 5.75 Å². The van der Waals surface area contributed by atoms with Crippen LogP contribution in [0.2, 0.25) is 0 Å². The minimum Gasteiger partial charge on any atom is -0.497 e. The molecule has 0 unspecified atom stereocenters. The Labute approximate surface area is 164 Å². The molecule has 2 atom stereocenters. The van der Waals surface area contributed by atoms with Crippen LogP contribution in [0.5, 0.6) is 5.75 Å². The summed E-state index contributed by atoms with van der Waals surface area (Å²) in [5, 5.41) is 9.13. The number of piperazine rings is 1. The minimum absolute atomic E-state index is 0.0988. The quantitative estimate of drug-likeness (QED) is 0.814. The molecule has 1 heterocycles. The Balaban J connectivity index is 1.79. The SMILES string of the molecule is COc1ccc(Sc2ccccc2N2C[C@@H](C)N(CC(=O)O)C[C@@H]2C)cc1. The highest BCUT2D eigenvalue weighted by molar-refractivity contribution is 7.99. The molecule has 27 heavy (non-hydrogen) atoms. The standard InChI is InChI=1S/C21H26N2O3S/c1-15-13-23(16(2)12-22(15)14-21(24)25)19-6-4-5-7-20(19)27-18-10-8-17(26-3)9-11-18/h4-11,15-16H,12-14H2,1-3H3,(H,24,25)/t15-,16+/m1/s1. The first-order valence-electron chi connectivity index (χ1n) is 9.11. The number of para-hydroxylation sites is 1. The van der Waals surface area contributed by atoms with Crippen molar-refractivity contribution in [3.05, 3.63) is 48.5 Å². The number of anilines is 1. The van der Waals surface area contributed by atoms with Crippen LogP contribution in [0.3, 0.4) is 0 Å². The lowest BCUT2D eigenvalue weighted by molar-refractivity contribution is -0.139. The van der Waals surface area contributed by atoms with Gasteiger partial charge in [-0.3, -0.25) is 9.69 Å². The van der Waals surface area contributed by atoms with Crippen LogP contribution in [0, 0.1) is 0 Å². The van der Waals surface area contributed by atoms with Gasteiger partial charge in [0.05, 0.1) is 19.3 Å². The number of carboxylic acid groups (broad SMARTS) is 1. The van der Waals surface area contributed by atoms with Gasteiger partial charge in [-0.15, -0.1) is 0 Å². The van der Waals surface area contributed by atoms with Gasteiger partial charge in [0.15, 0.2) is 0 Å². The maximum Gasteiger partial charge on any atom is 0.317 e. The number of rotatable bonds is 6. The van der Waals surface area contributed by atoms with Gasteiger partial charge >= 0.3 is 5.97 Å². The molecule has 1 saturated heterocycles. The van der Waals surface area contributed by atoms with Crippen molar-refractivity contribution in [2.45, 2.75) is 35.7 Å². The molecule has 0 spiro atoms. The average molecular weight is 387 g/mol. The lowest BCUT2D eigenvalue weighted by atomic mass is 10.1. The van der Waals surface area contributed by atoms with Crippen molar-refractivity contribution in [2.24, 2.45) is 0 Å². The molecule has 0 saturated carbocycles. The Morgan fingerprint density at radius 3 is 2.48 bits per heavy atom. The molecule has 1 aliphatic rings. The molecule has 0 aliphatic carbocycles. The number of benzene rings is 2. The summed E-state index contributed by atoms with van der Waals surface area (Å²) in [6.07, 6.45) is 0. The molecule has 144 valence electrons. The molecule has 2 aromatic carbocycles. The van der Waals surface area contributed by atoms with E-state index in [-0.39, 0.29) is 18.6 Å². The van der Waals surface area contributed by atoms with E-state index in [9.17, 15) is 4.79 Å². The molecule has 0 amide bonds. The van der Waals surface area contributed by atoms with Gasteiger partial charge in [-0.2, -0.15) is 0 Å². The highest BCUT2D eigenvalue weighted by atomic mass is 32.2. The number of carboxylic acids is 1. The smallest absolute Gasteiger partial charge is 0.317 e. The summed E-state index contributed by atoms with van der Waals surface area (Å²) in [5.41, 5.74) is 1.20. The van der Waals surface area contributed by atoms with Gasteiger partial charge < -0.3 is 14.7 Å². The lowest BCUT2D eigenvalue weighted by Gasteiger charge is -2.45. The molecule has 1 N–H and O–H groups in total. The summed E-state index contributed by atoms with van der Waals surface area (Å²) in [4.78, 5) is 17.9. The summed E-state index contributed by atoms with van der Waals surface area (Å²) in [7, 11) is 1.67. The maximum absolute atomic E-state index is 11.1. The van der Waals surface area contributed by atoms with Crippen molar-refractivity contribution in [1.29, 1.82) is 0 Å². The van der Waals surface area contributed by atoms with E-state index >= 15 is 0 Å². The van der Waals surface area contributed by atoms with Crippen molar-refractivity contribution in [1.82, 2.24) is 4.90 Å².